The van der Waals surface area contributed by atoms with Crippen LogP contribution in [0.3, 0.4) is 0 Å². The quantitative estimate of drug-likeness (QED) is 0.685. The smallest absolute Gasteiger partial charge is 0.273 e. The molecule has 3 N–H and O–H groups in total. The molecule has 0 radical (unpaired) electrons. The Kier molecular flexibility index (Phi) is 3.66. The molecular weight excluding hydrogens is 304 g/mol. The molecule has 1 aliphatic rings. The molecule has 1 aliphatic heterocycles. The van der Waals surface area contributed by atoms with E-state index >= 15 is 0 Å². The van der Waals surface area contributed by atoms with Gasteiger partial charge in [0.2, 0.25) is 0 Å². The van der Waals surface area contributed by atoms with Gasteiger partial charge in [-0.15, -0.1) is 0 Å². The molecule has 2 heterocycles. The molecule has 1 aromatic heterocycles. The van der Waals surface area contributed by atoms with Crippen molar-refractivity contribution in [1.29, 1.82) is 0 Å². The van der Waals surface area contributed by atoms with Crippen LogP contribution >= 0.6 is 0 Å². The minimum absolute atomic E-state index is 0.0572. The van der Waals surface area contributed by atoms with Crippen LogP contribution in [-0.2, 0) is 13.1 Å². The fourth-order valence-electron chi connectivity index (χ4n) is 3.12. The molecule has 2 aromatic carbocycles. The third kappa shape index (κ3) is 2.61. The van der Waals surface area contributed by atoms with Gasteiger partial charge in [0.25, 0.3) is 11.1 Å². The van der Waals surface area contributed by atoms with Gasteiger partial charge in [-0.05, 0) is 23.8 Å². The molecule has 6 heteroatoms. The molecule has 122 valence electrons. The number of para-hydroxylation sites is 1. The third-order valence-electron chi connectivity index (χ3n) is 4.41. The van der Waals surface area contributed by atoms with E-state index in [2.05, 4.69) is 21.8 Å². The van der Waals surface area contributed by atoms with Crippen molar-refractivity contribution >= 4 is 16.5 Å². The Morgan fingerprint density at radius 3 is 2.62 bits per heavy atom. The van der Waals surface area contributed by atoms with Gasteiger partial charge in [-0.1, -0.05) is 30.3 Å². The molecule has 0 spiro atoms. The third-order valence-corrected chi connectivity index (χ3v) is 4.41. The fraction of sp³-hybridized carbons (Fsp3) is 0.222. The van der Waals surface area contributed by atoms with Crippen LogP contribution in [0.5, 0.6) is 0 Å². The van der Waals surface area contributed by atoms with Crippen LogP contribution in [0.15, 0.2) is 58.1 Å². The standard InChI is InChI=1S/C18H18N4O2/c23-17-13-6-2-3-7-14(13)18(24)22(21-17)10-9-16-19-11-12-5-1-4-8-15(12)20-16/h1-8,16,19-20H,9-11H2,(H,21,23)/t16-/m1/s1. The number of nitrogens with one attached hydrogen (secondary N) is 3. The van der Waals surface area contributed by atoms with Gasteiger partial charge in [0.1, 0.15) is 0 Å². The number of aromatic nitrogens is 2. The lowest BCUT2D eigenvalue weighted by Gasteiger charge is -2.28. The van der Waals surface area contributed by atoms with Gasteiger partial charge in [-0.2, -0.15) is 0 Å². The van der Waals surface area contributed by atoms with E-state index in [-0.39, 0.29) is 17.3 Å². The second kappa shape index (κ2) is 5.98. The van der Waals surface area contributed by atoms with Crippen molar-refractivity contribution < 1.29 is 0 Å². The predicted octanol–water partition coefficient (Wildman–Crippen LogP) is 1.62. The maximum Gasteiger partial charge on any atom is 0.273 e. The lowest BCUT2D eigenvalue weighted by Crippen LogP contribution is -2.41. The van der Waals surface area contributed by atoms with Crippen molar-refractivity contribution in [1.82, 2.24) is 15.1 Å². The first-order valence-corrected chi connectivity index (χ1v) is 8.02. The van der Waals surface area contributed by atoms with Crippen LogP contribution < -0.4 is 21.8 Å². The summed E-state index contributed by atoms with van der Waals surface area (Å²) in [7, 11) is 0. The summed E-state index contributed by atoms with van der Waals surface area (Å²) in [4.78, 5) is 24.6. The second-order valence-electron chi connectivity index (χ2n) is 5.97. The monoisotopic (exact) mass is 322 g/mol. The predicted molar refractivity (Wildman–Crippen MR) is 94.1 cm³/mol. The number of fused-ring (bicyclic) bond motifs is 2. The van der Waals surface area contributed by atoms with Gasteiger partial charge in [-0.3, -0.25) is 20.0 Å². The van der Waals surface area contributed by atoms with Crippen LogP contribution in [0.1, 0.15) is 12.0 Å². The SMILES string of the molecule is O=c1[nH]n(CC[C@@H]2NCc3ccccc3N2)c(=O)c2ccccc12. The van der Waals surface area contributed by atoms with Crippen molar-refractivity contribution in [2.24, 2.45) is 0 Å². The van der Waals surface area contributed by atoms with Crippen molar-refractivity contribution in [3.8, 4) is 0 Å². The van der Waals surface area contributed by atoms with E-state index in [0.717, 1.165) is 12.2 Å². The normalized spacial score (nSPS) is 16.6. The zero-order valence-electron chi connectivity index (χ0n) is 13.1. The number of hydrogen-bond acceptors (Lipinski definition) is 4. The van der Waals surface area contributed by atoms with Crippen LogP contribution in [-0.4, -0.2) is 15.9 Å². The van der Waals surface area contributed by atoms with Crippen LogP contribution in [0.2, 0.25) is 0 Å². The van der Waals surface area contributed by atoms with E-state index in [4.69, 9.17) is 0 Å². The zero-order chi connectivity index (χ0) is 16.5. The van der Waals surface area contributed by atoms with Crippen molar-refractivity contribution in [2.75, 3.05) is 5.32 Å². The first kappa shape index (κ1) is 14.7. The summed E-state index contributed by atoms with van der Waals surface area (Å²) < 4.78 is 1.40. The Morgan fingerprint density at radius 1 is 1.00 bits per heavy atom. The Hall–Kier alpha value is -2.86. The fourth-order valence-corrected chi connectivity index (χ4v) is 3.12. The molecule has 1 atom stereocenters. The Labute approximate surface area is 138 Å². The largest absolute Gasteiger partial charge is 0.369 e. The van der Waals surface area contributed by atoms with E-state index in [1.54, 1.807) is 24.3 Å². The number of anilines is 1. The van der Waals surface area contributed by atoms with Crippen molar-refractivity contribution in [2.45, 2.75) is 25.7 Å². The summed E-state index contributed by atoms with van der Waals surface area (Å²) in [6.45, 7) is 1.22. The highest BCUT2D eigenvalue weighted by Gasteiger charge is 2.16. The number of aryl methyl sites for hydroxylation is 1. The molecular formula is C18H18N4O2. The summed E-state index contributed by atoms with van der Waals surface area (Å²) in [5.74, 6) is 0. The van der Waals surface area contributed by atoms with Crippen LogP contribution in [0, 0.1) is 0 Å². The van der Waals surface area contributed by atoms with E-state index in [1.807, 2.05) is 18.2 Å². The van der Waals surface area contributed by atoms with Crippen molar-refractivity contribution in [3.63, 3.8) is 0 Å². The number of H-pyrrole nitrogens is 1. The van der Waals surface area contributed by atoms with E-state index in [1.165, 1.54) is 10.2 Å². The number of benzene rings is 2. The van der Waals surface area contributed by atoms with Gasteiger partial charge >= 0.3 is 0 Å². The summed E-state index contributed by atoms with van der Waals surface area (Å²) in [6.07, 6.45) is 0.740. The molecule has 0 amide bonds. The van der Waals surface area contributed by atoms with Crippen molar-refractivity contribution in [3.05, 3.63) is 74.8 Å². The lowest BCUT2D eigenvalue weighted by atomic mass is 10.1. The van der Waals surface area contributed by atoms with Gasteiger partial charge in [0.15, 0.2) is 0 Å². The summed E-state index contributed by atoms with van der Waals surface area (Å²) in [5, 5.41) is 10.4. The topological polar surface area (TPSA) is 78.9 Å². The highest BCUT2D eigenvalue weighted by molar-refractivity contribution is 5.80. The van der Waals surface area contributed by atoms with E-state index in [9.17, 15) is 9.59 Å². The summed E-state index contributed by atoms with van der Waals surface area (Å²) in [5.41, 5.74) is 1.94. The van der Waals surface area contributed by atoms with Gasteiger partial charge < -0.3 is 5.32 Å². The van der Waals surface area contributed by atoms with Gasteiger partial charge in [0.05, 0.1) is 16.9 Å². The number of aromatic amines is 1. The first-order chi connectivity index (χ1) is 11.7. The molecule has 6 nitrogen and oxygen atoms in total. The molecule has 0 bridgehead atoms. The molecule has 0 saturated carbocycles. The first-order valence-electron chi connectivity index (χ1n) is 8.02. The Balaban J connectivity index is 1.55. The summed E-state index contributed by atoms with van der Waals surface area (Å²) in [6, 6.07) is 15.0. The highest BCUT2D eigenvalue weighted by Crippen LogP contribution is 2.20. The Bertz CT molecular complexity index is 1010. The van der Waals surface area contributed by atoms with Gasteiger partial charge in [-0.25, -0.2) is 4.68 Å². The van der Waals surface area contributed by atoms with Crippen LogP contribution in [0.25, 0.3) is 10.8 Å². The summed E-state index contributed by atoms with van der Waals surface area (Å²) >= 11 is 0. The average Bonchev–Trinajstić information content (AvgIpc) is 2.63. The minimum atomic E-state index is -0.236. The molecule has 0 fully saturated rings. The Morgan fingerprint density at radius 2 is 1.75 bits per heavy atom. The van der Waals surface area contributed by atoms with E-state index in [0.29, 0.717) is 23.7 Å². The maximum atomic E-state index is 12.5. The number of nitrogens with zero attached hydrogens (tertiary/aromatic N) is 1. The minimum Gasteiger partial charge on any atom is -0.369 e. The van der Waals surface area contributed by atoms with Crippen LogP contribution in [0.4, 0.5) is 5.69 Å². The molecule has 0 saturated heterocycles. The second-order valence-corrected chi connectivity index (χ2v) is 5.97. The van der Waals surface area contributed by atoms with Gasteiger partial charge in [0, 0.05) is 25.2 Å². The lowest BCUT2D eigenvalue weighted by molar-refractivity contribution is 0.446. The molecule has 4 rings (SSSR count). The molecule has 24 heavy (non-hydrogen) atoms. The average molecular weight is 322 g/mol. The molecule has 0 aliphatic carbocycles. The highest BCUT2D eigenvalue weighted by atomic mass is 16.2. The molecule has 3 aromatic rings. The zero-order valence-corrected chi connectivity index (χ0v) is 13.1. The van der Waals surface area contributed by atoms with E-state index < -0.39 is 0 Å². The number of rotatable bonds is 3. The molecule has 0 unspecified atom stereocenters. The number of hydrogen-bond donors (Lipinski definition) is 3. The maximum absolute atomic E-state index is 12.5.